The van der Waals surface area contributed by atoms with Gasteiger partial charge in [0.15, 0.2) is 0 Å². The number of hydrogen-bond acceptors (Lipinski definition) is 3. The summed E-state index contributed by atoms with van der Waals surface area (Å²) in [6.45, 7) is 0. The summed E-state index contributed by atoms with van der Waals surface area (Å²) in [6.07, 6.45) is 7.61. The first-order chi connectivity index (χ1) is 9.58. The molecule has 0 spiro atoms. The SMILES string of the molecule is NC(=O)[C@H](NC(=O)C1CCCCC1)[C@H]1CCCC(=O)C1. The zero-order valence-electron chi connectivity index (χ0n) is 11.9. The first-order valence-corrected chi connectivity index (χ1v) is 7.69. The Morgan fingerprint density at radius 3 is 2.40 bits per heavy atom. The maximum absolute atomic E-state index is 12.2. The minimum atomic E-state index is -0.686. The van der Waals surface area contributed by atoms with Crippen molar-refractivity contribution in [2.75, 3.05) is 0 Å². The largest absolute Gasteiger partial charge is 0.368 e. The number of primary amides is 1. The molecule has 2 fully saturated rings. The molecule has 2 aliphatic carbocycles. The highest BCUT2D eigenvalue weighted by Crippen LogP contribution is 2.27. The fourth-order valence-corrected chi connectivity index (χ4v) is 3.40. The van der Waals surface area contributed by atoms with Gasteiger partial charge in [-0.1, -0.05) is 19.3 Å². The molecular formula is C15H24N2O3. The number of hydrogen-bond donors (Lipinski definition) is 2. The number of nitrogens with one attached hydrogen (secondary N) is 1. The molecule has 20 heavy (non-hydrogen) atoms. The smallest absolute Gasteiger partial charge is 0.240 e. The standard InChI is InChI=1S/C15H24N2O3/c16-14(19)13(11-7-4-8-12(18)9-11)17-15(20)10-5-2-1-3-6-10/h10-11,13H,1-9H2,(H2,16,19)(H,17,20)/t11-,13+/m0/s1. The van der Waals surface area contributed by atoms with Crippen molar-refractivity contribution in [3.8, 4) is 0 Å². The maximum Gasteiger partial charge on any atom is 0.240 e. The third-order valence-corrected chi connectivity index (χ3v) is 4.57. The molecule has 3 N–H and O–H groups in total. The third kappa shape index (κ3) is 3.81. The zero-order chi connectivity index (χ0) is 14.5. The first kappa shape index (κ1) is 15.0. The van der Waals surface area contributed by atoms with E-state index in [9.17, 15) is 14.4 Å². The molecule has 0 radical (unpaired) electrons. The van der Waals surface area contributed by atoms with Crippen molar-refractivity contribution in [1.29, 1.82) is 0 Å². The molecule has 2 atom stereocenters. The van der Waals surface area contributed by atoms with Crippen LogP contribution in [-0.2, 0) is 14.4 Å². The van der Waals surface area contributed by atoms with E-state index in [2.05, 4.69) is 5.32 Å². The van der Waals surface area contributed by atoms with Crippen molar-refractivity contribution in [3.05, 3.63) is 0 Å². The summed E-state index contributed by atoms with van der Waals surface area (Å²) >= 11 is 0. The summed E-state index contributed by atoms with van der Waals surface area (Å²) in [4.78, 5) is 35.4. The van der Waals surface area contributed by atoms with Crippen molar-refractivity contribution < 1.29 is 14.4 Å². The second-order valence-corrected chi connectivity index (χ2v) is 6.12. The highest BCUT2D eigenvalue weighted by molar-refractivity contribution is 5.89. The molecule has 5 heteroatoms. The summed E-state index contributed by atoms with van der Waals surface area (Å²) in [5, 5.41) is 2.81. The lowest BCUT2D eigenvalue weighted by Gasteiger charge is -2.30. The molecule has 5 nitrogen and oxygen atoms in total. The van der Waals surface area contributed by atoms with E-state index in [4.69, 9.17) is 5.73 Å². The van der Waals surface area contributed by atoms with Gasteiger partial charge in [0.25, 0.3) is 0 Å². The van der Waals surface area contributed by atoms with Crippen LogP contribution in [0.5, 0.6) is 0 Å². The fraction of sp³-hybridized carbons (Fsp3) is 0.800. The van der Waals surface area contributed by atoms with Gasteiger partial charge in [0.05, 0.1) is 0 Å². The molecule has 112 valence electrons. The van der Waals surface area contributed by atoms with Crippen LogP contribution in [0.25, 0.3) is 0 Å². The Morgan fingerprint density at radius 2 is 1.80 bits per heavy atom. The molecule has 2 rings (SSSR count). The summed E-state index contributed by atoms with van der Waals surface area (Å²) in [6, 6.07) is -0.686. The Hall–Kier alpha value is -1.39. The predicted octanol–water partition coefficient (Wildman–Crippen LogP) is 1.30. The van der Waals surface area contributed by atoms with Gasteiger partial charge in [0, 0.05) is 18.8 Å². The number of carbonyl (C=O) groups is 3. The second-order valence-electron chi connectivity index (χ2n) is 6.12. The molecule has 0 saturated heterocycles. The summed E-state index contributed by atoms with van der Waals surface area (Å²) in [5.41, 5.74) is 5.43. The van der Waals surface area contributed by atoms with Crippen molar-refractivity contribution >= 4 is 17.6 Å². The predicted molar refractivity (Wildman–Crippen MR) is 74.7 cm³/mol. The Labute approximate surface area is 119 Å². The lowest BCUT2D eigenvalue weighted by molar-refractivity contribution is -0.133. The average molecular weight is 280 g/mol. The van der Waals surface area contributed by atoms with Crippen LogP contribution in [0.2, 0.25) is 0 Å². The van der Waals surface area contributed by atoms with E-state index in [0.29, 0.717) is 12.8 Å². The van der Waals surface area contributed by atoms with E-state index < -0.39 is 11.9 Å². The molecule has 2 amide bonds. The molecule has 2 aliphatic rings. The highest BCUT2D eigenvalue weighted by Gasteiger charge is 2.33. The van der Waals surface area contributed by atoms with E-state index >= 15 is 0 Å². The number of rotatable bonds is 4. The molecule has 0 unspecified atom stereocenters. The normalized spacial score (nSPS) is 26.0. The molecule has 2 saturated carbocycles. The topological polar surface area (TPSA) is 89.3 Å². The zero-order valence-corrected chi connectivity index (χ0v) is 11.9. The number of carbonyl (C=O) groups excluding carboxylic acids is 3. The Kier molecular flexibility index (Phi) is 5.15. The van der Waals surface area contributed by atoms with Crippen molar-refractivity contribution in [3.63, 3.8) is 0 Å². The third-order valence-electron chi connectivity index (χ3n) is 4.57. The van der Waals surface area contributed by atoms with Crippen LogP contribution >= 0.6 is 0 Å². The van der Waals surface area contributed by atoms with Crippen molar-refractivity contribution in [2.24, 2.45) is 17.6 Å². The van der Waals surface area contributed by atoms with Gasteiger partial charge in [-0.05, 0) is 31.6 Å². The van der Waals surface area contributed by atoms with E-state index in [1.807, 2.05) is 0 Å². The Bertz CT molecular complexity index is 389. The van der Waals surface area contributed by atoms with Crippen molar-refractivity contribution in [1.82, 2.24) is 5.32 Å². The molecule has 0 aliphatic heterocycles. The molecule has 0 aromatic rings. The summed E-state index contributed by atoms with van der Waals surface area (Å²) in [5.74, 6) is -0.536. The Morgan fingerprint density at radius 1 is 1.10 bits per heavy atom. The minimum absolute atomic E-state index is 0.00453. The summed E-state index contributed by atoms with van der Waals surface area (Å²) in [7, 11) is 0. The quantitative estimate of drug-likeness (QED) is 0.813. The number of Topliss-reactive ketones (excluding diaryl/α,β-unsaturated/α-hetero) is 1. The molecule has 0 aromatic carbocycles. The Balaban J connectivity index is 1.96. The van der Waals surface area contributed by atoms with Crippen molar-refractivity contribution in [2.45, 2.75) is 63.8 Å². The van der Waals surface area contributed by atoms with Crippen LogP contribution < -0.4 is 11.1 Å². The average Bonchev–Trinajstić information content (AvgIpc) is 2.45. The van der Waals surface area contributed by atoms with E-state index in [0.717, 1.165) is 38.5 Å². The second kappa shape index (κ2) is 6.86. The van der Waals surface area contributed by atoms with Crippen LogP contribution in [0.3, 0.4) is 0 Å². The maximum atomic E-state index is 12.2. The molecule has 0 bridgehead atoms. The van der Waals surface area contributed by atoms with Gasteiger partial charge in [0.1, 0.15) is 11.8 Å². The lowest BCUT2D eigenvalue weighted by atomic mass is 9.82. The van der Waals surface area contributed by atoms with Crippen LogP contribution in [0, 0.1) is 11.8 Å². The molecular weight excluding hydrogens is 256 g/mol. The van der Waals surface area contributed by atoms with Gasteiger partial charge in [0.2, 0.25) is 11.8 Å². The number of ketones is 1. The van der Waals surface area contributed by atoms with E-state index in [1.54, 1.807) is 0 Å². The molecule has 0 aromatic heterocycles. The minimum Gasteiger partial charge on any atom is -0.368 e. The van der Waals surface area contributed by atoms with E-state index in [1.165, 1.54) is 6.42 Å². The highest BCUT2D eigenvalue weighted by atomic mass is 16.2. The van der Waals surface area contributed by atoms with Crippen LogP contribution in [0.1, 0.15) is 57.8 Å². The van der Waals surface area contributed by atoms with Gasteiger partial charge < -0.3 is 11.1 Å². The van der Waals surface area contributed by atoms with Crippen LogP contribution in [-0.4, -0.2) is 23.6 Å². The van der Waals surface area contributed by atoms with Gasteiger partial charge in [-0.3, -0.25) is 14.4 Å². The monoisotopic (exact) mass is 280 g/mol. The summed E-state index contributed by atoms with van der Waals surface area (Å²) < 4.78 is 0. The number of nitrogens with two attached hydrogens (primary N) is 1. The lowest BCUT2D eigenvalue weighted by Crippen LogP contribution is -2.52. The fourth-order valence-electron chi connectivity index (χ4n) is 3.40. The van der Waals surface area contributed by atoms with Gasteiger partial charge in [-0.15, -0.1) is 0 Å². The first-order valence-electron chi connectivity index (χ1n) is 7.69. The van der Waals surface area contributed by atoms with Gasteiger partial charge >= 0.3 is 0 Å². The molecule has 0 heterocycles. The van der Waals surface area contributed by atoms with Crippen LogP contribution in [0.4, 0.5) is 0 Å². The van der Waals surface area contributed by atoms with E-state index in [-0.39, 0.29) is 23.5 Å². The van der Waals surface area contributed by atoms with Crippen LogP contribution in [0.15, 0.2) is 0 Å². The van der Waals surface area contributed by atoms with Gasteiger partial charge in [-0.2, -0.15) is 0 Å². The van der Waals surface area contributed by atoms with Gasteiger partial charge in [-0.25, -0.2) is 0 Å². The number of amides is 2.